The van der Waals surface area contributed by atoms with E-state index in [1.807, 2.05) is 42.5 Å². The van der Waals surface area contributed by atoms with E-state index in [0.717, 1.165) is 15.8 Å². The Balaban J connectivity index is 1.90. The second kappa shape index (κ2) is 5.11. The summed E-state index contributed by atoms with van der Waals surface area (Å²) in [6.07, 6.45) is 0.291. The average molecular weight is 288 g/mol. The first kappa shape index (κ1) is 12.3. The number of hydrogen-bond acceptors (Lipinski definition) is 3. The largest absolute Gasteiger partial charge is 0.291 e. The van der Waals surface area contributed by atoms with E-state index < -0.39 is 0 Å². The number of nitrogens with zero attached hydrogens (tertiary/aromatic N) is 1. The number of fused-ring (bicyclic) bond motifs is 1. The number of carbonyl (C=O) groups is 1. The van der Waals surface area contributed by atoms with Gasteiger partial charge in [0.15, 0.2) is 10.8 Å². The van der Waals surface area contributed by atoms with Crippen molar-refractivity contribution in [3.8, 4) is 0 Å². The van der Waals surface area contributed by atoms with Crippen LogP contribution in [0.1, 0.15) is 15.4 Å². The van der Waals surface area contributed by atoms with Crippen molar-refractivity contribution in [1.29, 1.82) is 0 Å². The van der Waals surface area contributed by atoms with E-state index >= 15 is 0 Å². The Morgan fingerprint density at radius 2 is 1.84 bits per heavy atom. The van der Waals surface area contributed by atoms with Crippen LogP contribution in [0.25, 0.3) is 10.2 Å². The number of ketones is 1. The maximum atomic E-state index is 12.2. The highest BCUT2D eigenvalue weighted by molar-refractivity contribution is 7.20. The molecule has 0 fully saturated rings. The summed E-state index contributed by atoms with van der Waals surface area (Å²) in [6, 6.07) is 15.2. The normalized spacial score (nSPS) is 10.8. The molecule has 0 bridgehead atoms. The van der Waals surface area contributed by atoms with E-state index in [-0.39, 0.29) is 5.78 Å². The zero-order valence-electron chi connectivity index (χ0n) is 9.97. The molecule has 3 rings (SSSR count). The van der Waals surface area contributed by atoms with Crippen LogP contribution in [0, 0.1) is 0 Å². The average Bonchev–Trinajstić information content (AvgIpc) is 2.85. The lowest BCUT2D eigenvalue weighted by Gasteiger charge is -2.00. The molecule has 0 saturated heterocycles. The molecule has 4 heteroatoms. The monoisotopic (exact) mass is 287 g/mol. The molecule has 0 radical (unpaired) electrons. The molecule has 2 nitrogen and oxygen atoms in total. The number of Topliss-reactive ketones (excluding diaryl/α,β-unsaturated/α-hetero) is 1. The van der Waals surface area contributed by atoms with Crippen molar-refractivity contribution in [1.82, 2.24) is 4.98 Å². The number of halogens is 1. The Morgan fingerprint density at radius 1 is 1.11 bits per heavy atom. The summed E-state index contributed by atoms with van der Waals surface area (Å²) in [5.74, 6) is 0.00861. The van der Waals surface area contributed by atoms with E-state index in [4.69, 9.17) is 11.6 Å². The van der Waals surface area contributed by atoms with Crippen molar-refractivity contribution in [3.63, 3.8) is 0 Å². The number of hydrogen-bond donors (Lipinski definition) is 0. The highest BCUT2D eigenvalue weighted by Crippen LogP contribution is 2.24. The van der Waals surface area contributed by atoms with E-state index in [0.29, 0.717) is 16.5 Å². The van der Waals surface area contributed by atoms with Crippen LogP contribution < -0.4 is 0 Å². The van der Waals surface area contributed by atoms with E-state index in [1.54, 1.807) is 6.07 Å². The summed E-state index contributed by atoms with van der Waals surface area (Å²) in [5, 5.41) is 1.16. The lowest BCUT2D eigenvalue weighted by atomic mass is 10.1. The van der Waals surface area contributed by atoms with Gasteiger partial charge >= 0.3 is 0 Å². The van der Waals surface area contributed by atoms with Crippen LogP contribution in [-0.2, 0) is 6.42 Å². The fraction of sp³-hybridized carbons (Fsp3) is 0.0667. The summed E-state index contributed by atoms with van der Waals surface area (Å²) in [7, 11) is 0. The number of rotatable bonds is 3. The van der Waals surface area contributed by atoms with Crippen LogP contribution >= 0.6 is 22.9 Å². The molecule has 1 aromatic heterocycles. The first-order chi connectivity index (χ1) is 9.24. The van der Waals surface area contributed by atoms with Crippen LogP contribution in [0.3, 0.4) is 0 Å². The van der Waals surface area contributed by atoms with Gasteiger partial charge in [-0.2, -0.15) is 0 Å². The second-order valence-electron chi connectivity index (χ2n) is 4.18. The molecule has 0 N–H and O–H groups in total. The SMILES string of the molecule is O=C(Cc1ccccc1Cl)c1nc2ccccc2s1. The predicted octanol–water partition coefficient (Wildman–Crippen LogP) is 4.38. The Bertz CT molecular complexity index is 717. The number of carbonyl (C=O) groups excluding carboxylic acids is 1. The van der Waals surface area contributed by atoms with Crippen molar-refractivity contribution in [3.05, 3.63) is 64.1 Å². The fourth-order valence-electron chi connectivity index (χ4n) is 1.88. The third-order valence-corrected chi connectivity index (χ3v) is 4.29. The molecule has 94 valence electrons. The van der Waals surface area contributed by atoms with E-state index in [1.165, 1.54) is 11.3 Å². The van der Waals surface area contributed by atoms with Crippen molar-refractivity contribution >= 4 is 38.9 Å². The highest BCUT2D eigenvalue weighted by atomic mass is 35.5. The summed E-state index contributed by atoms with van der Waals surface area (Å²) in [6.45, 7) is 0. The Morgan fingerprint density at radius 3 is 2.63 bits per heavy atom. The van der Waals surface area contributed by atoms with Crippen LogP contribution in [0.5, 0.6) is 0 Å². The van der Waals surface area contributed by atoms with E-state index in [2.05, 4.69) is 4.98 Å². The maximum Gasteiger partial charge on any atom is 0.195 e. The Labute approximate surface area is 119 Å². The third-order valence-electron chi connectivity index (χ3n) is 2.84. The molecule has 19 heavy (non-hydrogen) atoms. The Kier molecular flexibility index (Phi) is 3.32. The fourth-order valence-corrected chi connectivity index (χ4v) is 2.99. The van der Waals surface area contributed by atoms with Crippen LogP contribution in [0.2, 0.25) is 5.02 Å². The molecular weight excluding hydrogens is 278 g/mol. The lowest BCUT2D eigenvalue weighted by Crippen LogP contribution is -2.03. The standard InChI is InChI=1S/C15H10ClNOS/c16-11-6-2-1-5-10(11)9-13(18)15-17-12-7-3-4-8-14(12)19-15/h1-8H,9H2. The molecule has 0 atom stereocenters. The third kappa shape index (κ3) is 2.53. The van der Waals surface area contributed by atoms with Gasteiger partial charge in [0.2, 0.25) is 0 Å². The first-order valence-electron chi connectivity index (χ1n) is 5.86. The second-order valence-corrected chi connectivity index (χ2v) is 5.62. The van der Waals surface area contributed by atoms with Crippen LogP contribution in [-0.4, -0.2) is 10.8 Å². The van der Waals surface area contributed by atoms with Gasteiger partial charge in [-0.3, -0.25) is 4.79 Å². The minimum Gasteiger partial charge on any atom is -0.291 e. The predicted molar refractivity (Wildman–Crippen MR) is 79.1 cm³/mol. The van der Waals surface area contributed by atoms with Gasteiger partial charge in [0.1, 0.15) is 0 Å². The number of thiazole rings is 1. The van der Waals surface area contributed by atoms with Gasteiger partial charge < -0.3 is 0 Å². The van der Waals surface area contributed by atoms with Gasteiger partial charge in [-0.1, -0.05) is 41.9 Å². The maximum absolute atomic E-state index is 12.2. The number of aromatic nitrogens is 1. The molecule has 1 heterocycles. The van der Waals surface area contributed by atoms with Crippen molar-refractivity contribution in [2.45, 2.75) is 6.42 Å². The molecule has 0 aliphatic heterocycles. The van der Waals surface area contributed by atoms with Gasteiger partial charge in [-0.15, -0.1) is 11.3 Å². The smallest absolute Gasteiger partial charge is 0.195 e. The number of benzene rings is 2. The van der Waals surface area contributed by atoms with Crippen LogP contribution in [0.15, 0.2) is 48.5 Å². The van der Waals surface area contributed by atoms with Crippen molar-refractivity contribution < 1.29 is 4.79 Å². The summed E-state index contributed by atoms with van der Waals surface area (Å²) in [5.41, 5.74) is 1.71. The molecule has 0 amide bonds. The Hall–Kier alpha value is -1.71. The molecule has 3 aromatic rings. The summed E-state index contributed by atoms with van der Waals surface area (Å²) in [4.78, 5) is 16.6. The van der Waals surface area contributed by atoms with Crippen LogP contribution in [0.4, 0.5) is 0 Å². The molecule has 0 unspecified atom stereocenters. The number of para-hydroxylation sites is 1. The highest BCUT2D eigenvalue weighted by Gasteiger charge is 2.13. The first-order valence-corrected chi connectivity index (χ1v) is 7.05. The van der Waals surface area contributed by atoms with Crippen molar-refractivity contribution in [2.24, 2.45) is 0 Å². The molecule has 0 aliphatic carbocycles. The minimum absolute atomic E-state index is 0.00861. The topological polar surface area (TPSA) is 30.0 Å². The van der Waals surface area contributed by atoms with Gasteiger partial charge in [0.25, 0.3) is 0 Å². The molecule has 0 spiro atoms. The molecular formula is C15H10ClNOS. The zero-order valence-corrected chi connectivity index (χ0v) is 11.5. The zero-order chi connectivity index (χ0) is 13.2. The van der Waals surface area contributed by atoms with Crippen molar-refractivity contribution in [2.75, 3.05) is 0 Å². The minimum atomic E-state index is 0.00861. The lowest BCUT2D eigenvalue weighted by molar-refractivity contribution is 0.0993. The summed E-state index contributed by atoms with van der Waals surface area (Å²) >= 11 is 7.49. The van der Waals surface area contributed by atoms with Gasteiger partial charge in [0.05, 0.1) is 10.2 Å². The van der Waals surface area contributed by atoms with Gasteiger partial charge in [0, 0.05) is 11.4 Å². The molecule has 0 aliphatic rings. The van der Waals surface area contributed by atoms with Gasteiger partial charge in [-0.05, 0) is 23.8 Å². The summed E-state index contributed by atoms with van der Waals surface area (Å²) < 4.78 is 1.03. The van der Waals surface area contributed by atoms with Gasteiger partial charge in [-0.25, -0.2) is 4.98 Å². The quantitative estimate of drug-likeness (QED) is 0.669. The van der Waals surface area contributed by atoms with E-state index in [9.17, 15) is 4.79 Å². The molecule has 2 aromatic carbocycles. The molecule has 0 saturated carbocycles.